The van der Waals surface area contributed by atoms with Crippen LogP contribution in [0.3, 0.4) is 0 Å². The van der Waals surface area contributed by atoms with E-state index in [2.05, 4.69) is 50.3 Å². The minimum Gasteiger partial charge on any atom is -0.0826 e. The third kappa shape index (κ3) is 5.19. The highest BCUT2D eigenvalue weighted by atomic mass is 127. The molecule has 0 radical (unpaired) electrons. The lowest BCUT2D eigenvalue weighted by Crippen LogP contribution is -2.08. The van der Waals surface area contributed by atoms with E-state index in [-0.39, 0.29) is 0 Å². The second kappa shape index (κ2) is 4.53. The quantitative estimate of drug-likeness (QED) is 0.523. The monoisotopic (exact) mass is 240 g/mol. The first kappa shape index (κ1) is 9.73. The van der Waals surface area contributed by atoms with Crippen LogP contribution in [0.2, 0.25) is 0 Å². The fourth-order valence-corrected chi connectivity index (χ4v) is 1.22. The van der Waals surface area contributed by atoms with E-state index in [0.29, 0.717) is 0 Å². The molecule has 56 valence electrons. The zero-order chi connectivity index (χ0) is 7.44. The SMILES string of the molecule is CC(C)CC(C)C(C)I. The van der Waals surface area contributed by atoms with Gasteiger partial charge < -0.3 is 0 Å². The van der Waals surface area contributed by atoms with E-state index >= 15 is 0 Å². The minimum absolute atomic E-state index is 0.824. The smallest absolute Gasteiger partial charge is 0.0107 e. The summed E-state index contributed by atoms with van der Waals surface area (Å²) in [5, 5.41) is 0. The summed E-state index contributed by atoms with van der Waals surface area (Å²) in [5.41, 5.74) is 0. The summed E-state index contributed by atoms with van der Waals surface area (Å²) in [7, 11) is 0. The third-order valence-electron chi connectivity index (χ3n) is 1.63. The number of rotatable bonds is 3. The molecule has 0 saturated carbocycles. The summed E-state index contributed by atoms with van der Waals surface area (Å²) in [6, 6.07) is 0. The van der Waals surface area contributed by atoms with Crippen molar-refractivity contribution in [1.82, 2.24) is 0 Å². The van der Waals surface area contributed by atoms with E-state index in [4.69, 9.17) is 0 Å². The second-order valence-electron chi connectivity index (χ2n) is 3.28. The van der Waals surface area contributed by atoms with Gasteiger partial charge in [0.2, 0.25) is 0 Å². The Morgan fingerprint density at radius 3 is 1.67 bits per heavy atom. The van der Waals surface area contributed by atoms with Crippen LogP contribution >= 0.6 is 22.6 Å². The van der Waals surface area contributed by atoms with Gasteiger partial charge in [0.05, 0.1) is 0 Å². The summed E-state index contributed by atoms with van der Waals surface area (Å²) < 4.78 is 0.824. The van der Waals surface area contributed by atoms with Gasteiger partial charge in [-0.15, -0.1) is 0 Å². The van der Waals surface area contributed by atoms with Gasteiger partial charge >= 0.3 is 0 Å². The lowest BCUT2D eigenvalue weighted by atomic mass is 9.97. The topological polar surface area (TPSA) is 0 Å². The van der Waals surface area contributed by atoms with Gasteiger partial charge in [0.1, 0.15) is 0 Å². The molecule has 0 heterocycles. The molecule has 0 aliphatic heterocycles. The lowest BCUT2D eigenvalue weighted by molar-refractivity contribution is 0.444. The highest BCUT2D eigenvalue weighted by Crippen LogP contribution is 2.19. The van der Waals surface area contributed by atoms with Gasteiger partial charge in [-0.2, -0.15) is 0 Å². The largest absolute Gasteiger partial charge is 0.0826 e. The molecule has 0 aromatic carbocycles. The van der Waals surface area contributed by atoms with Gasteiger partial charge in [-0.1, -0.05) is 50.3 Å². The highest BCUT2D eigenvalue weighted by Gasteiger charge is 2.09. The Kier molecular flexibility index (Phi) is 4.90. The van der Waals surface area contributed by atoms with Crippen molar-refractivity contribution in [2.45, 2.75) is 38.0 Å². The zero-order valence-electron chi connectivity index (χ0n) is 6.82. The molecule has 0 amide bonds. The van der Waals surface area contributed by atoms with E-state index in [9.17, 15) is 0 Å². The van der Waals surface area contributed by atoms with Crippen LogP contribution in [0.25, 0.3) is 0 Å². The predicted molar refractivity (Wildman–Crippen MR) is 52.1 cm³/mol. The van der Waals surface area contributed by atoms with E-state index < -0.39 is 0 Å². The van der Waals surface area contributed by atoms with Crippen LogP contribution in [0.15, 0.2) is 0 Å². The minimum atomic E-state index is 0.824. The van der Waals surface area contributed by atoms with Crippen LogP contribution in [0.5, 0.6) is 0 Å². The normalized spacial score (nSPS) is 18.0. The molecule has 1 heteroatoms. The Bertz CT molecular complexity index is 67.0. The molecule has 2 unspecified atom stereocenters. The maximum atomic E-state index is 2.50. The van der Waals surface area contributed by atoms with E-state index in [1.807, 2.05) is 0 Å². The van der Waals surface area contributed by atoms with Crippen molar-refractivity contribution in [2.24, 2.45) is 11.8 Å². The van der Waals surface area contributed by atoms with Gasteiger partial charge in [0.15, 0.2) is 0 Å². The van der Waals surface area contributed by atoms with Crippen molar-refractivity contribution in [3.05, 3.63) is 0 Å². The van der Waals surface area contributed by atoms with Crippen molar-refractivity contribution in [3.63, 3.8) is 0 Å². The van der Waals surface area contributed by atoms with Crippen LogP contribution in [-0.2, 0) is 0 Å². The van der Waals surface area contributed by atoms with Crippen LogP contribution in [-0.4, -0.2) is 3.92 Å². The van der Waals surface area contributed by atoms with E-state index in [1.165, 1.54) is 6.42 Å². The average molecular weight is 240 g/mol. The third-order valence-corrected chi connectivity index (χ3v) is 2.85. The number of hydrogen-bond acceptors (Lipinski definition) is 0. The van der Waals surface area contributed by atoms with Gasteiger partial charge in [-0.3, -0.25) is 0 Å². The standard InChI is InChI=1S/C8H17I/c1-6(2)5-7(3)8(4)9/h6-8H,5H2,1-4H3. The average Bonchev–Trinajstić information content (AvgIpc) is 1.63. The fourth-order valence-electron chi connectivity index (χ4n) is 0.931. The van der Waals surface area contributed by atoms with Crippen molar-refractivity contribution >= 4 is 22.6 Å². The predicted octanol–water partition coefficient (Wildman–Crippen LogP) is 3.49. The molecular weight excluding hydrogens is 223 g/mol. The molecule has 0 bridgehead atoms. The molecule has 9 heavy (non-hydrogen) atoms. The summed E-state index contributed by atoms with van der Waals surface area (Å²) in [6.45, 7) is 9.19. The molecule has 0 rings (SSSR count). The van der Waals surface area contributed by atoms with E-state index in [1.54, 1.807) is 0 Å². The molecule has 0 saturated heterocycles. The first-order chi connectivity index (χ1) is 4.04. The van der Waals surface area contributed by atoms with Gasteiger partial charge in [0.25, 0.3) is 0 Å². The second-order valence-corrected chi connectivity index (χ2v) is 5.25. The van der Waals surface area contributed by atoms with Crippen LogP contribution in [0, 0.1) is 11.8 Å². The fraction of sp³-hybridized carbons (Fsp3) is 1.00. The van der Waals surface area contributed by atoms with Gasteiger partial charge in [-0.05, 0) is 18.3 Å². The summed E-state index contributed by atoms with van der Waals surface area (Å²) in [6.07, 6.45) is 1.37. The molecule has 0 spiro atoms. The van der Waals surface area contributed by atoms with Gasteiger partial charge in [-0.25, -0.2) is 0 Å². The van der Waals surface area contributed by atoms with Crippen LogP contribution in [0.1, 0.15) is 34.1 Å². The molecule has 0 aliphatic rings. The Hall–Kier alpha value is 0.730. The Morgan fingerprint density at radius 1 is 1.11 bits per heavy atom. The molecule has 0 aromatic heterocycles. The maximum absolute atomic E-state index is 2.50. The highest BCUT2D eigenvalue weighted by molar-refractivity contribution is 14.1. The van der Waals surface area contributed by atoms with Crippen molar-refractivity contribution < 1.29 is 0 Å². The van der Waals surface area contributed by atoms with Crippen molar-refractivity contribution in [3.8, 4) is 0 Å². The number of alkyl halides is 1. The Morgan fingerprint density at radius 2 is 1.56 bits per heavy atom. The molecule has 0 nitrogen and oxygen atoms in total. The maximum Gasteiger partial charge on any atom is 0.0107 e. The van der Waals surface area contributed by atoms with E-state index in [0.717, 1.165) is 15.8 Å². The van der Waals surface area contributed by atoms with Gasteiger partial charge in [0, 0.05) is 3.92 Å². The molecule has 2 atom stereocenters. The molecule has 0 N–H and O–H groups in total. The summed E-state index contributed by atoms with van der Waals surface area (Å²) in [5.74, 6) is 1.74. The Labute approximate surface area is 72.6 Å². The van der Waals surface area contributed by atoms with Crippen LogP contribution < -0.4 is 0 Å². The Balaban J connectivity index is 3.38. The molecule has 0 aromatic rings. The number of halogens is 1. The van der Waals surface area contributed by atoms with Crippen molar-refractivity contribution in [1.29, 1.82) is 0 Å². The lowest BCUT2D eigenvalue weighted by Gasteiger charge is -2.15. The molecule has 0 fully saturated rings. The van der Waals surface area contributed by atoms with Crippen LogP contribution in [0.4, 0.5) is 0 Å². The first-order valence-corrected chi connectivity index (χ1v) is 4.92. The summed E-state index contributed by atoms with van der Waals surface area (Å²) in [4.78, 5) is 0. The summed E-state index contributed by atoms with van der Waals surface area (Å²) >= 11 is 2.50. The van der Waals surface area contributed by atoms with Crippen molar-refractivity contribution in [2.75, 3.05) is 0 Å². The molecule has 0 aliphatic carbocycles. The zero-order valence-corrected chi connectivity index (χ0v) is 8.97. The number of hydrogen-bond donors (Lipinski definition) is 0. The molecular formula is C8H17I. The first-order valence-electron chi connectivity index (χ1n) is 3.68.